The number of hydrogen-bond donors (Lipinski definition) is 1. The molecule has 0 spiro atoms. The first-order valence-corrected chi connectivity index (χ1v) is 8.71. The van der Waals surface area contributed by atoms with Crippen LogP contribution in [0.3, 0.4) is 0 Å². The number of benzene rings is 2. The van der Waals surface area contributed by atoms with Crippen molar-refractivity contribution in [3.63, 3.8) is 0 Å². The van der Waals surface area contributed by atoms with E-state index in [4.69, 9.17) is 0 Å². The summed E-state index contributed by atoms with van der Waals surface area (Å²) in [7, 11) is 0. The van der Waals surface area contributed by atoms with E-state index in [0.717, 1.165) is 18.4 Å². The zero-order valence-electron chi connectivity index (χ0n) is 14.2. The number of hydrogen-bond acceptors (Lipinski definition) is 3. The largest absolute Gasteiger partial charge is 0.508 e. The Labute approximate surface area is 142 Å². The van der Waals surface area contributed by atoms with Gasteiger partial charge in [0.1, 0.15) is 11.5 Å². The maximum Gasteiger partial charge on any atom is 0.140 e. The average molecular weight is 321 g/mol. The Kier molecular flexibility index (Phi) is 3.60. The van der Waals surface area contributed by atoms with Gasteiger partial charge in [0.05, 0.1) is 6.04 Å². The van der Waals surface area contributed by atoms with Gasteiger partial charge in [0.2, 0.25) is 0 Å². The molecule has 0 radical (unpaired) electrons. The minimum absolute atomic E-state index is 0.0559. The van der Waals surface area contributed by atoms with Gasteiger partial charge in [0, 0.05) is 24.1 Å². The summed E-state index contributed by atoms with van der Waals surface area (Å²) in [6.07, 6.45) is 2.71. The van der Waals surface area contributed by atoms with Crippen molar-refractivity contribution in [1.82, 2.24) is 0 Å². The summed E-state index contributed by atoms with van der Waals surface area (Å²) in [6, 6.07) is 14.4. The molecular weight excluding hydrogens is 298 g/mol. The van der Waals surface area contributed by atoms with Crippen molar-refractivity contribution in [3.8, 4) is 5.75 Å². The lowest BCUT2D eigenvalue weighted by Gasteiger charge is -2.52. The van der Waals surface area contributed by atoms with E-state index < -0.39 is 0 Å². The average Bonchev–Trinajstić information content (AvgIpc) is 2.54. The molecule has 5 rings (SSSR count). The van der Waals surface area contributed by atoms with Crippen molar-refractivity contribution in [1.29, 1.82) is 0 Å². The van der Waals surface area contributed by atoms with Gasteiger partial charge in [0.25, 0.3) is 0 Å². The molecule has 1 saturated carbocycles. The second-order valence-electron chi connectivity index (χ2n) is 7.30. The van der Waals surface area contributed by atoms with Gasteiger partial charge < -0.3 is 10.0 Å². The maximum absolute atomic E-state index is 12.5. The highest BCUT2D eigenvalue weighted by atomic mass is 16.3. The summed E-state index contributed by atoms with van der Waals surface area (Å²) in [5, 5.41) is 9.61. The molecule has 124 valence electrons. The second kappa shape index (κ2) is 5.66. The summed E-state index contributed by atoms with van der Waals surface area (Å²) >= 11 is 0. The number of Topliss-reactive ketones (excluding diaryl/α,β-unsaturated/α-hetero) is 1. The first kappa shape index (κ1) is 15.3. The number of phenols is 1. The number of carbonyl (C=O) groups is 1. The summed E-state index contributed by atoms with van der Waals surface area (Å²) in [5.41, 5.74) is 4.84. The zero-order chi connectivity index (χ0) is 16.8. The van der Waals surface area contributed by atoms with Gasteiger partial charge in [-0.1, -0.05) is 18.2 Å². The molecule has 24 heavy (non-hydrogen) atoms. The van der Waals surface area contributed by atoms with Gasteiger partial charge in [-0.3, -0.25) is 4.79 Å². The quantitative estimate of drug-likeness (QED) is 0.896. The Balaban J connectivity index is 1.82. The summed E-state index contributed by atoms with van der Waals surface area (Å²) in [5.74, 6) is 0.717. The fraction of sp³-hybridized carbons (Fsp3) is 0.381. The molecule has 3 atom stereocenters. The normalized spacial score (nSPS) is 26.0. The van der Waals surface area contributed by atoms with Gasteiger partial charge in [-0.05, 0) is 67.6 Å². The van der Waals surface area contributed by atoms with Gasteiger partial charge in [-0.25, -0.2) is 0 Å². The fourth-order valence-electron chi connectivity index (χ4n) is 4.55. The molecule has 0 aromatic heterocycles. The second-order valence-corrected chi connectivity index (χ2v) is 7.30. The zero-order valence-corrected chi connectivity index (χ0v) is 14.2. The molecular formula is C21H23NO2. The predicted molar refractivity (Wildman–Crippen MR) is 95.4 cm³/mol. The number of phenolic OH excluding ortho intramolecular Hbond substituents is 1. The molecule has 2 aromatic carbocycles. The molecule has 2 saturated heterocycles. The third kappa shape index (κ3) is 2.48. The number of nitrogens with zero attached hydrogens (tertiary/aromatic N) is 1. The first-order valence-electron chi connectivity index (χ1n) is 8.71. The third-order valence-electron chi connectivity index (χ3n) is 5.47. The minimum Gasteiger partial charge on any atom is -0.508 e. The summed E-state index contributed by atoms with van der Waals surface area (Å²) in [6.45, 7) is 4.25. The Morgan fingerprint density at radius 3 is 2.29 bits per heavy atom. The number of aryl methyl sites for hydroxylation is 2. The van der Waals surface area contributed by atoms with E-state index in [9.17, 15) is 9.90 Å². The fourth-order valence-corrected chi connectivity index (χ4v) is 4.55. The lowest BCUT2D eigenvalue weighted by Crippen LogP contribution is -2.54. The van der Waals surface area contributed by atoms with Crippen LogP contribution in [0.1, 0.15) is 42.0 Å². The van der Waals surface area contributed by atoms with Crippen LogP contribution in [-0.4, -0.2) is 16.9 Å². The lowest BCUT2D eigenvalue weighted by atomic mass is 9.71. The van der Waals surface area contributed by atoms with E-state index in [1.807, 2.05) is 12.1 Å². The Bertz CT molecular complexity index is 761. The monoisotopic (exact) mass is 321 g/mol. The van der Waals surface area contributed by atoms with Crippen LogP contribution >= 0.6 is 0 Å². The van der Waals surface area contributed by atoms with Crippen molar-refractivity contribution in [2.24, 2.45) is 5.92 Å². The molecule has 3 nitrogen and oxygen atoms in total. The van der Waals surface area contributed by atoms with Gasteiger partial charge in [0.15, 0.2) is 0 Å². The molecule has 2 aromatic rings. The van der Waals surface area contributed by atoms with Crippen molar-refractivity contribution < 1.29 is 9.90 Å². The molecule has 3 unspecified atom stereocenters. The Morgan fingerprint density at radius 1 is 1.00 bits per heavy atom. The molecule has 2 heterocycles. The standard InChI is InChI=1S/C21H23NO2/c1-13-9-14(2)11-17(10-13)22-16-5-8-19(20(24)12-16)21(22)15-3-6-18(23)7-4-15/h3-4,6-7,9-11,16,19,21,23H,5,8,12H2,1-2H3. The number of ketones is 1. The third-order valence-corrected chi connectivity index (χ3v) is 5.47. The SMILES string of the molecule is Cc1cc(C)cc(N2C3CCC(C(=O)C3)C2c2ccc(O)cc2)c1. The number of carbonyl (C=O) groups excluding carboxylic acids is 1. The van der Waals surface area contributed by atoms with Crippen LogP contribution in [0.2, 0.25) is 0 Å². The van der Waals surface area contributed by atoms with Gasteiger partial charge >= 0.3 is 0 Å². The predicted octanol–water partition coefficient (Wildman–Crippen LogP) is 4.31. The molecule has 2 aliphatic heterocycles. The molecule has 1 aliphatic carbocycles. The molecule has 2 bridgehead atoms. The van der Waals surface area contributed by atoms with E-state index in [0.29, 0.717) is 12.2 Å². The van der Waals surface area contributed by atoms with Crippen LogP contribution in [0.5, 0.6) is 5.75 Å². The topological polar surface area (TPSA) is 40.5 Å². The van der Waals surface area contributed by atoms with Crippen molar-refractivity contribution in [3.05, 3.63) is 59.2 Å². The number of fused-ring (bicyclic) bond motifs is 3. The summed E-state index contributed by atoms with van der Waals surface area (Å²) < 4.78 is 0. The number of rotatable bonds is 2. The van der Waals surface area contributed by atoms with Crippen molar-refractivity contribution >= 4 is 11.5 Å². The van der Waals surface area contributed by atoms with E-state index in [1.165, 1.54) is 16.8 Å². The highest BCUT2D eigenvalue weighted by Gasteiger charge is 2.47. The van der Waals surface area contributed by atoms with Crippen LogP contribution in [0.25, 0.3) is 0 Å². The van der Waals surface area contributed by atoms with Crippen LogP contribution in [0.4, 0.5) is 5.69 Å². The number of aromatic hydroxyl groups is 1. The van der Waals surface area contributed by atoms with E-state index in [1.54, 1.807) is 12.1 Å². The number of anilines is 1. The number of piperidine rings is 2. The highest BCUT2D eigenvalue weighted by molar-refractivity contribution is 5.86. The summed E-state index contributed by atoms with van der Waals surface area (Å²) in [4.78, 5) is 15.0. The molecule has 3 fully saturated rings. The molecule has 3 heteroatoms. The van der Waals surface area contributed by atoms with Crippen LogP contribution < -0.4 is 4.90 Å². The van der Waals surface area contributed by atoms with E-state index >= 15 is 0 Å². The van der Waals surface area contributed by atoms with Crippen molar-refractivity contribution in [2.45, 2.75) is 45.2 Å². The van der Waals surface area contributed by atoms with Crippen molar-refractivity contribution in [2.75, 3.05) is 4.90 Å². The lowest BCUT2D eigenvalue weighted by molar-refractivity contribution is -0.128. The van der Waals surface area contributed by atoms with E-state index in [2.05, 4.69) is 36.9 Å². The Morgan fingerprint density at radius 2 is 1.67 bits per heavy atom. The highest BCUT2D eigenvalue weighted by Crippen LogP contribution is 2.48. The maximum atomic E-state index is 12.5. The van der Waals surface area contributed by atoms with Crippen LogP contribution in [-0.2, 0) is 4.79 Å². The first-order chi connectivity index (χ1) is 11.5. The Hall–Kier alpha value is -2.29. The van der Waals surface area contributed by atoms with Gasteiger partial charge in [-0.2, -0.15) is 0 Å². The van der Waals surface area contributed by atoms with Crippen LogP contribution in [0.15, 0.2) is 42.5 Å². The smallest absolute Gasteiger partial charge is 0.140 e. The molecule has 3 aliphatic rings. The molecule has 0 amide bonds. The van der Waals surface area contributed by atoms with Gasteiger partial charge in [-0.15, -0.1) is 0 Å². The van der Waals surface area contributed by atoms with E-state index in [-0.39, 0.29) is 23.8 Å². The molecule has 1 N–H and O–H groups in total. The minimum atomic E-state index is 0.0559. The van der Waals surface area contributed by atoms with Crippen LogP contribution in [0, 0.1) is 19.8 Å².